The number of imidazole rings is 1. The molecule has 1 N–H and O–H groups in total. The number of hydrogen-bond donors (Lipinski definition) is 1. The number of hydrogen-bond acceptors (Lipinski definition) is 2. The highest BCUT2D eigenvalue weighted by Gasteiger charge is 2.38. The van der Waals surface area contributed by atoms with Crippen LogP contribution in [0.2, 0.25) is 0 Å². The minimum atomic E-state index is 0.275. The van der Waals surface area contributed by atoms with E-state index in [2.05, 4.69) is 41.2 Å². The Morgan fingerprint density at radius 2 is 1.94 bits per heavy atom. The van der Waals surface area contributed by atoms with E-state index in [9.17, 15) is 0 Å². The van der Waals surface area contributed by atoms with E-state index >= 15 is 0 Å². The van der Waals surface area contributed by atoms with Crippen LogP contribution in [0.1, 0.15) is 58.1 Å². The van der Waals surface area contributed by atoms with Crippen molar-refractivity contribution in [1.29, 1.82) is 0 Å². The maximum atomic E-state index is 4.47. The van der Waals surface area contributed by atoms with Crippen LogP contribution in [0.5, 0.6) is 0 Å². The lowest BCUT2D eigenvalue weighted by atomic mass is 9.80. The standard InChI is InChI=1S/C15H25N3/c1-14(8-9-16-11-14)13-10-17-12-18(13)15(2)6-4-3-5-7-15/h10,12,16H,3-9,11H2,1-2H3. The van der Waals surface area contributed by atoms with Gasteiger partial charge in [0, 0.05) is 29.4 Å². The summed E-state index contributed by atoms with van der Waals surface area (Å²) in [7, 11) is 0. The summed E-state index contributed by atoms with van der Waals surface area (Å²) in [5.41, 5.74) is 2.02. The Hall–Kier alpha value is -0.830. The van der Waals surface area contributed by atoms with E-state index in [4.69, 9.17) is 0 Å². The lowest BCUT2D eigenvalue weighted by molar-refractivity contribution is 0.205. The molecule has 1 unspecified atom stereocenters. The van der Waals surface area contributed by atoms with Crippen LogP contribution in [-0.4, -0.2) is 22.6 Å². The van der Waals surface area contributed by atoms with Gasteiger partial charge in [-0.2, -0.15) is 0 Å². The van der Waals surface area contributed by atoms with Gasteiger partial charge in [0.2, 0.25) is 0 Å². The molecule has 1 aromatic heterocycles. The average molecular weight is 247 g/mol. The summed E-state index contributed by atoms with van der Waals surface area (Å²) in [5.74, 6) is 0. The fourth-order valence-corrected chi connectivity index (χ4v) is 3.76. The molecule has 0 amide bonds. The van der Waals surface area contributed by atoms with E-state index in [0.29, 0.717) is 5.54 Å². The van der Waals surface area contributed by atoms with Crippen molar-refractivity contribution >= 4 is 0 Å². The fraction of sp³-hybridized carbons (Fsp3) is 0.800. The normalized spacial score (nSPS) is 31.7. The molecule has 3 nitrogen and oxygen atoms in total. The average Bonchev–Trinajstić information content (AvgIpc) is 2.99. The smallest absolute Gasteiger partial charge is 0.0953 e. The first kappa shape index (κ1) is 12.2. The highest BCUT2D eigenvalue weighted by Crippen LogP contribution is 2.39. The van der Waals surface area contributed by atoms with E-state index in [0.717, 1.165) is 13.1 Å². The van der Waals surface area contributed by atoms with Crippen molar-refractivity contribution in [3.8, 4) is 0 Å². The Labute approximate surface area is 110 Å². The fourth-order valence-electron chi connectivity index (χ4n) is 3.76. The second-order valence-electron chi connectivity index (χ2n) is 6.69. The molecule has 0 radical (unpaired) electrons. The predicted octanol–water partition coefficient (Wildman–Crippen LogP) is 2.81. The summed E-state index contributed by atoms with van der Waals surface area (Å²) in [4.78, 5) is 4.47. The van der Waals surface area contributed by atoms with Gasteiger partial charge in [-0.1, -0.05) is 26.2 Å². The third-order valence-corrected chi connectivity index (χ3v) is 5.14. The quantitative estimate of drug-likeness (QED) is 0.871. The van der Waals surface area contributed by atoms with Crippen LogP contribution < -0.4 is 5.32 Å². The van der Waals surface area contributed by atoms with Crippen molar-refractivity contribution in [3.05, 3.63) is 18.2 Å². The van der Waals surface area contributed by atoms with Gasteiger partial charge in [-0.15, -0.1) is 0 Å². The van der Waals surface area contributed by atoms with Gasteiger partial charge in [-0.05, 0) is 32.7 Å². The zero-order chi connectivity index (χ0) is 12.6. The van der Waals surface area contributed by atoms with Crippen LogP contribution in [0.3, 0.4) is 0 Å². The second kappa shape index (κ2) is 4.37. The van der Waals surface area contributed by atoms with Crippen LogP contribution in [0.4, 0.5) is 0 Å². The SMILES string of the molecule is CC1(c2cncn2C2(C)CCCCC2)CCNC1. The molecule has 1 aliphatic heterocycles. The summed E-state index contributed by atoms with van der Waals surface area (Å²) in [6.07, 6.45) is 12.1. The Morgan fingerprint density at radius 1 is 1.17 bits per heavy atom. The molecule has 1 aromatic rings. The molecule has 1 aliphatic carbocycles. The molecular weight excluding hydrogens is 222 g/mol. The van der Waals surface area contributed by atoms with Crippen molar-refractivity contribution in [2.75, 3.05) is 13.1 Å². The molecule has 3 heteroatoms. The van der Waals surface area contributed by atoms with E-state index in [1.54, 1.807) is 0 Å². The van der Waals surface area contributed by atoms with Crippen LogP contribution in [0.15, 0.2) is 12.5 Å². The largest absolute Gasteiger partial charge is 0.328 e. The number of aromatic nitrogens is 2. The Morgan fingerprint density at radius 3 is 2.61 bits per heavy atom. The van der Waals surface area contributed by atoms with Crippen LogP contribution in [0, 0.1) is 0 Å². The van der Waals surface area contributed by atoms with Crippen molar-refractivity contribution in [3.63, 3.8) is 0 Å². The Kier molecular flexibility index (Phi) is 2.97. The highest BCUT2D eigenvalue weighted by molar-refractivity contribution is 5.19. The molecule has 2 heterocycles. The molecule has 2 aliphatic rings. The third-order valence-electron chi connectivity index (χ3n) is 5.14. The van der Waals surface area contributed by atoms with Gasteiger partial charge in [0.05, 0.1) is 6.33 Å². The Bertz CT molecular complexity index is 409. The second-order valence-corrected chi connectivity index (χ2v) is 6.69. The molecule has 3 rings (SSSR count). The summed E-state index contributed by atoms with van der Waals surface area (Å²) >= 11 is 0. The minimum Gasteiger partial charge on any atom is -0.328 e. The monoisotopic (exact) mass is 247 g/mol. The summed E-state index contributed by atoms with van der Waals surface area (Å²) in [6, 6.07) is 0. The van der Waals surface area contributed by atoms with Gasteiger partial charge in [0.15, 0.2) is 0 Å². The maximum absolute atomic E-state index is 4.47. The predicted molar refractivity (Wildman–Crippen MR) is 73.8 cm³/mol. The van der Waals surface area contributed by atoms with Crippen molar-refractivity contribution < 1.29 is 0 Å². The molecule has 100 valence electrons. The molecule has 18 heavy (non-hydrogen) atoms. The summed E-state index contributed by atoms with van der Waals surface area (Å²) in [5, 5.41) is 3.50. The van der Waals surface area contributed by atoms with E-state index in [1.807, 2.05) is 0 Å². The number of nitrogens with one attached hydrogen (secondary N) is 1. The molecule has 0 aromatic carbocycles. The summed E-state index contributed by atoms with van der Waals surface area (Å²) < 4.78 is 2.50. The van der Waals surface area contributed by atoms with Gasteiger partial charge in [0.25, 0.3) is 0 Å². The number of nitrogens with zero attached hydrogens (tertiary/aromatic N) is 2. The first-order valence-electron chi connectivity index (χ1n) is 7.38. The van der Waals surface area contributed by atoms with Crippen molar-refractivity contribution in [2.45, 2.75) is 63.3 Å². The van der Waals surface area contributed by atoms with E-state index < -0.39 is 0 Å². The lowest BCUT2D eigenvalue weighted by Crippen LogP contribution is -2.38. The van der Waals surface area contributed by atoms with Crippen molar-refractivity contribution in [1.82, 2.24) is 14.9 Å². The lowest BCUT2D eigenvalue weighted by Gasteiger charge is -2.39. The molecule has 2 fully saturated rings. The molecule has 1 saturated carbocycles. The zero-order valence-corrected chi connectivity index (χ0v) is 11.7. The van der Waals surface area contributed by atoms with Crippen LogP contribution in [-0.2, 0) is 11.0 Å². The first-order valence-corrected chi connectivity index (χ1v) is 7.38. The van der Waals surface area contributed by atoms with Crippen LogP contribution in [0.25, 0.3) is 0 Å². The van der Waals surface area contributed by atoms with Gasteiger partial charge in [-0.3, -0.25) is 0 Å². The van der Waals surface area contributed by atoms with Gasteiger partial charge >= 0.3 is 0 Å². The highest BCUT2D eigenvalue weighted by atomic mass is 15.1. The van der Waals surface area contributed by atoms with Gasteiger partial charge in [0.1, 0.15) is 0 Å². The van der Waals surface area contributed by atoms with Gasteiger partial charge < -0.3 is 9.88 Å². The topological polar surface area (TPSA) is 29.9 Å². The zero-order valence-electron chi connectivity index (χ0n) is 11.7. The van der Waals surface area contributed by atoms with Crippen molar-refractivity contribution in [2.24, 2.45) is 0 Å². The van der Waals surface area contributed by atoms with E-state index in [-0.39, 0.29) is 5.41 Å². The molecule has 1 saturated heterocycles. The maximum Gasteiger partial charge on any atom is 0.0953 e. The molecule has 0 bridgehead atoms. The molecule has 0 spiro atoms. The van der Waals surface area contributed by atoms with Crippen LogP contribution >= 0.6 is 0 Å². The first-order chi connectivity index (χ1) is 8.64. The minimum absolute atomic E-state index is 0.275. The Balaban J connectivity index is 1.95. The molecular formula is C15H25N3. The van der Waals surface area contributed by atoms with Gasteiger partial charge in [-0.25, -0.2) is 4.98 Å². The van der Waals surface area contributed by atoms with E-state index in [1.165, 1.54) is 44.2 Å². The number of rotatable bonds is 2. The summed E-state index contributed by atoms with van der Waals surface area (Å²) in [6.45, 7) is 7.03. The third kappa shape index (κ3) is 1.89. The molecule has 1 atom stereocenters.